The minimum Gasteiger partial charge on any atom is -0.496 e. The predicted octanol–water partition coefficient (Wildman–Crippen LogP) is 0.591. The fourth-order valence-electron chi connectivity index (χ4n) is 1.38. The van der Waals surface area contributed by atoms with Crippen LogP contribution in [0.4, 0.5) is 0 Å². The standard InChI is InChI=1S/C10H11N3O3S/c1-14-7-3-9-8(15-5-16-9)2-6(7)4-12-13-10(11)17/h2-4H,5H2,1H3,(H3,11,13,17)/b12-4-. The predicted molar refractivity (Wildman–Crippen MR) is 66.6 cm³/mol. The first-order valence-electron chi connectivity index (χ1n) is 4.77. The van der Waals surface area contributed by atoms with Crippen LogP contribution in [0.3, 0.4) is 0 Å². The molecule has 0 amide bonds. The lowest BCUT2D eigenvalue weighted by Gasteiger charge is -2.05. The van der Waals surface area contributed by atoms with Crippen molar-refractivity contribution in [1.29, 1.82) is 0 Å². The topological polar surface area (TPSA) is 78.1 Å². The second-order valence-electron chi connectivity index (χ2n) is 3.18. The van der Waals surface area contributed by atoms with Gasteiger partial charge in [0.1, 0.15) is 5.75 Å². The maximum atomic E-state index is 5.26. The highest BCUT2D eigenvalue weighted by molar-refractivity contribution is 7.80. The summed E-state index contributed by atoms with van der Waals surface area (Å²) in [5.74, 6) is 1.94. The van der Waals surface area contributed by atoms with Crippen molar-refractivity contribution in [3.8, 4) is 17.2 Å². The summed E-state index contributed by atoms with van der Waals surface area (Å²) in [5, 5.41) is 3.96. The number of nitrogens with one attached hydrogen (secondary N) is 1. The molecule has 0 unspecified atom stereocenters. The number of nitrogens with two attached hydrogens (primary N) is 1. The van der Waals surface area contributed by atoms with Crippen molar-refractivity contribution in [3.05, 3.63) is 17.7 Å². The van der Waals surface area contributed by atoms with Crippen LogP contribution in [0.25, 0.3) is 0 Å². The van der Waals surface area contributed by atoms with E-state index in [0.29, 0.717) is 17.2 Å². The van der Waals surface area contributed by atoms with E-state index in [1.807, 2.05) is 0 Å². The van der Waals surface area contributed by atoms with Crippen molar-refractivity contribution in [1.82, 2.24) is 5.43 Å². The lowest BCUT2D eigenvalue weighted by Crippen LogP contribution is -2.24. The molecular formula is C10H11N3O3S. The molecule has 3 N–H and O–H groups in total. The van der Waals surface area contributed by atoms with Crippen molar-refractivity contribution in [2.24, 2.45) is 10.8 Å². The zero-order valence-electron chi connectivity index (χ0n) is 9.10. The summed E-state index contributed by atoms with van der Waals surface area (Å²) in [4.78, 5) is 0. The number of ether oxygens (including phenoxy) is 3. The van der Waals surface area contributed by atoms with E-state index in [1.165, 1.54) is 0 Å². The Morgan fingerprint density at radius 1 is 1.53 bits per heavy atom. The van der Waals surface area contributed by atoms with Crippen LogP contribution in [-0.2, 0) is 0 Å². The third kappa shape index (κ3) is 2.56. The summed E-state index contributed by atoms with van der Waals surface area (Å²) >= 11 is 4.63. The van der Waals surface area contributed by atoms with Crippen LogP contribution in [0.2, 0.25) is 0 Å². The third-order valence-electron chi connectivity index (χ3n) is 2.10. The average Bonchev–Trinajstić information content (AvgIpc) is 2.74. The largest absolute Gasteiger partial charge is 0.496 e. The van der Waals surface area contributed by atoms with Gasteiger partial charge >= 0.3 is 0 Å². The van der Waals surface area contributed by atoms with Crippen LogP contribution in [0.1, 0.15) is 5.56 Å². The molecule has 90 valence electrons. The van der Waals surface area contributed by atoms with Crippen LogP contribution in [-0.4, -0.2) is 25.2 Å². The molecule has 0 saturated heterocycles. The van der Waals surface area contributed by atoms with Gasteiger partial charge < -0.3 is 19.9 Å². The maximum Gasteiger partial charge on any atom is 0.231 e. The first-order chi connectivity index (χ1) is 8.20. The van der Waals surface area contributed by atoms with Gasteiger partial charge in [-0.1, -0.05) is 0 Å². The van der Waals surface area contributed by atoms with Gasteiger partial charge in [0, 0.05) is 11.6 Å². The molecule has 1 heterocycles. The molecule has 1 aromatic carbocycles. The molecule has 1 aliphatic heterocycles. The fraction of sp³-hybridized carbons (Fsp3) is 0.200. The quantitative estimate of drug-likeness (QED) is 0.466. The molecule has 7 heteroatoms. The zero-order chi connectivity index (χ0) is 12.3. The number of methoxy groups -OCH3 is 1. The van der Waals surface area contributed by atoms with Crippen LogP contribution in [0.15, 0.2) is 17.2 Å². The summed E-state index contributed by atoms with van der Waals surface area (Å²) in [6, 6.07) is 3.51. The molecule has 0 bridgehead atoms. The van der Waals surface area contributed by atoms with Crippen LogP contribution in [0, 0.1) is 0 Å². The SMILES string of the molecule is COc1cc2c(cc1/C=N\NC(N)=S)OCO2. The smallest absolute Gasteiger partial charge is 0.231 e. The molecule has 0 atom stereocenters. The van der Waals surface area contributed by atoms with Gasteiger partial charge in [0.15, 0.2) is 16.6 Å². The molecule has 0 saturated carbocycles. The highest BCUT2D eigenvalue weighted by Gasteiger charge is 2.16. The number of benzene rings is 1. The van der Waals surface area contributed by atoms with Gasteiger partial charge in [-0.15, -0.1) is 0 Å². The number of thiocarbonyl (C=S) groups is 1. The van der Waals surface area contributed by atoms with Crippen LogP contribution < -0.4 is 25.4 Å². The van der Waals surface area contributed by atoms with Gasteiger partial charge in [-0.2, -0.15) is 5.10 Å². The van der Waals surface area contributed by atoms with Crippen molar-refractivity contribution >= 4 is 23.5 Å². The second kappa shape index (κ2) is 4.88. The highest BCUT2D eigenvalue weighted by atomic mass is 32.1. The summed E-state index contributed by atoms with van der Waals surface area (Å²) in [6.07, 6.45) is 1.54. The zero-order valence-corrected chi connectivity index (χ0v) is 9.91. The summed E-state index contributed by atoms with van der Waals surface area (Å²) in [6.45, 7) is 0.213. The molecule has 17 heavy (non-hydrogen) atoms. The van der Waals surface area contributed by atoms with Crippen molar-refractivity contribution in [2.45, 2.75) is 0 Å². The van der Waals surface area contributed by atoms with Crippen LogP contribution >= 0.6 is 12.2 Å². The first kappa shape index (κ1) is 11.5. The Balaban J connectivity index is 2.26. The Kier molecular flexibility index (Phi) is 3.29. The molecule has 0 spiro atoms. The Morgan fingerprint density at radius 2 is 2.24 bits per heavy atom. The lowest BCUT2D eigenvalue weighted by molar-refractivity contribution is 0.174. The molecule has 0 aliphatic carbocycles. The van der Waals surface area contributed by atoms with E-state index in [-0.39, 0.29) is 11.9 Å². The Morgan fingerprint density at radius 3 is 2.88 bits per heavy atom. The average molecular weight is 253 g/mol. The molecule has 6 nitrogen and oxygen atoms in total. The van der Waals surface area contributed by atoms with E-state index in [9.17, 15) is 0 Å². The number of nitrogens with zero attached hydrogens (tertiary/aromatic N) is 1. The summed E-state index contributed by atoms with van der Waals surface area (Å²) in [7, 11) is 1.57. The number of hydrogen-bond donors (Lipinski definition) is 2. The van der Waals surface area contributed by atoms with Crippen molar-refractivity contribution < 1.29 is 14.2 Å². The number of hydrazone groups is 1. The number of fused-ring (bicyclic) bond motifs is 1. The maximum absolute atomic E-state index is 5.26. The van der Waals surface area contributed by atoms with Gasteiger partial charge in [-0.25, -0.2) is 0 Å². The summed E-state index contributed by atoms with van der Waals surface area (Å²) in [5.41, 5.74) is 8.45. The fourth-order valence-corrected chi connectivity index (χ4v) is 1.43. The molecule has 0 fully saturated rings. The van der Waals surface area contributed by atoms with Gasteiger partial charge in [0.05, 0.1) is 13.3 Å². The minimum absolute atomic E-state index is 0.0981. The molecule has 1 aliphatic rings. The highest BCUT2D eigenvalue weighted by Crippen LogP contribution is 2.37. The van der Waals surface area contributed by atoms with Crippen molar-refractivity contribution in [2.75, 3.05) is 13.9 Å². The van der Waals surface area contributed by atoms with Gasteiger partial charge in [-0.05, 0) is 18.3 Å². The Labute approximate surface area is 103 Å². The Hall–Kier alpha value is -2.02. The van der Waals surface area contributed by atoms with Crippen molar-refractivity contribution in [3.63, 3.8) is 0 Å². The minimum atomic E-state index is 0.0981. The lowest BCUT2D eigenvalue weighted by atomic mass is 10.2. The van der Waals surface area contributed by atoms with E-state index in [1.54, 1.807) is 25.5 Å². The van der Waals surface area contributed by atoms with E-state index >= 15 is 0 Å². The monoisotopic (exact) mass is 253 g/mol. The van der Waals surface area contributed by atoms with E-state index in [0.717, 1.165) is 5.56 Å². The number of rotatable bonds is 3. The van der Waals surface area contributed by atoms with Gasteiger partial charge in [-0.3, -0.25) is 5.43 Å². The Bertz CT molecular complexity index is 476. The van der Waals surface area contributed by atoms with Gasteiger partial charge in [0.2, 0.25) is 6.79 Å². The second-order valence-corrected chi connectivity index (χ2v) is 3.62. The number of hydrogen-bond acceptors (Lipinski definition) is 5. The van der Waals surface area contributed by atoms with E-state index in [4.69, 9.17) is 19.9 Å². The van der Waals surface area contributed by atoms with Crippen LogP contribution in [0.5, 0.6) is 17.2 Å². The van der Waals surface area contributed by atoms with E-state index in [2.05, 4.69) is 22.7 Å². The molecule has 0 aromatic heterocycles. The molecule has 0 radical (unpaired) electrons. The third-order valence-corrected chi connectivity index (χ3v) is 2.19. The first-order valence-corrected chi connectivity index (χ1v) is 5.17. The summed E-state index contributed by atoms with van der Waals surface area (Å²) < 4.78 is 15.7. The molecule has 1 aromatic rings. The molecule has 2 rings (SSSR count). The van der Waals surface area contributed by atoms with Gasteiger partial charge in [0.25, 0.3) is 0 Å². The molecular weight excluding hydrogens is 242 g/mol. The normalized spacial score (nSPS) is 12.8. The van der Waals surface area contributed by atoms with E-state index < -0.39 is 0 Å².